The Balaban J connectivity index is 2.09. The molecule has 3 aromatic rings. The van der Waals surface area contributed by atoms with Crippen LogP contribution in [0.15, 0.2) is 40.5 Å². The van der Waals surface area contributed by atoms with Gasteiger partial charge in [0.1, 0.15) is 5.82 Å². The lowest BCUT2D eigenvalue weighted by atomic mass is 10.1. The fourth-order valence-electron chi connectivity index (χ4n) is 3.13. The van der Waals surface area contributed by atoms with Crippen molar-refractivity contribution in [3.63, 3.8) is 0 Å². The van der Waals surface area contributed by atoms with Gasteiger partial charge in [-0.3, -0.25) is 14.2 Å². The first kappa shape index (κ1) is 19.6. The van der Waals surface area contributed by atoms with Gasteiger partial charge in [0.15, 0.2) is 0 Å². The van der Waals surface area contributed by atoms with Gasteiger partial charge in [0.2, 0.25) is 0 Å². The number of halogens is 1. The normalized spacial score (nSPS) is 12.5. The molecule has 5 nitrogen and oxygen atoms in total. The fourth-order valence-corrected chi connectivity index (χ4v) is 3.98. The summed E-state index contributed by atoms with van der Waals surface area (Å²) in [5.41, 5.74) is 0.412. The molecule has 7 heteroatoms. The van der Waals surface area contributed by atoms with E-state index in [1.807, 2.05) is 24.4 Å². The number of carbonyl (C=O) groups excluding carboxylic acids is 1. The minimum Gasteiger partial charge on any atom is -0.328 e. The Hall–Kier alpha value is -2.18. The summed E-state index contributed by atoms with van der Waals surface area (Å²) in [6.45, 7) is 6.62. The van der Waals surface area contributed by atoms with Gasteiger partial charge in [0, 0.05) is 18.6 Å². The molecule has 0 fully saturated rings. The van der Waals surface area contributed by atoms with Crippen LogP contribution < -0.4 is 5.56 Å². The third-order valence-corrected chi connectivity index (χ3v) is 5.56. The van der Waals surface area contributed by atoms with Crippen LogP contribution in [0.5, 0.6) is 0 Å². The number of hydrogen-bond donors (Lipinski definition) is 0. The number of rotatable bonds is 5. The minimum atomic E-state index is -0.347. The highest BCUT2D eigenvalue weighted by Gasteiger charge is 2.27. The first-order chi connectivity index (χ1) is 12.8. The van der Waals surface area contributed by atoms with E-state index in [1.54, 1.807) is 30.1 Å². The number of nitrogens with zero attached hydrogens (tertiary/aromatic N) is 3. The van der Waals surface area contributed by atoms with E-state index < -0.39 is 0 Å². The quantitative estimate of drug-likeness (QED) is 0.629. The van der Waals surface area contributed by atoms with Crippen molar-refractivity contribution in [3.8, 4) is 0 Å². The summed E-state index contributed by atoms with van der Waals surface area (Å²) in [5, 5.41) is 2.86. The van der Waals surface area contributed by atoms with Crippen LogP contribution in [0.4, 0.5) is 0 Å². The van der Waals surface area contributed by atoms with E-state index >= 15 is 0 Å². The average Bonchev–Trinajstić information content (AvgIpc) is 3.16. The lowest BCUT2D eigenvalue weighted by molar-refractivity contribution is 0.0659. The zero-order valence-electron chi connectivity index (χ0n) is 15.8. The lowest BCUT2D eigenvalue weighted by Crippen LogP contribution is -2.39. The number of benzene rings is 1. The van der Waals surface area contributed by atoms with Crippen molar-refractivity contribution in [2.24, 2.45) is 13.0 Å². The molecule has 0 saturated heterocycles. The summed E-state index contributed by atoms with van der Waals surface area (Å²) >= 11 is 7.44. The van der Waals surface area contributed by atoms with Gasteiger partial charge in [-0.05, 0) is 42.5 Å². The first-order valence-corrected chi connectivity index (χ1v) is 10.1. The van der Waals surface area contributed by atoms with Crippen molar-refractivity contribution >= 4 is 39.7 Å². The SMILES string of the molecule is CC(C)CN(C(=O)c1cccs1)C(C)c1nc2ccc(Cl)cc2c(=O)n1C. The van der Waals surface area contributed by atoms with E-state index in [4.69, 9.17) is 11.6 Å². The van der Waals surface area contributed by atoms with E-state index in [-0.39, 0.29) is 23.4 Å². The van der Waals surface area contributed by atoms with Gasteiger partial charge in [-0.25, -0.2) is 4.98 Å². The summed E-state index contributed by atoms with van der Waals surface area (Å²) in [7, 11) is 1.69. The summed E-state index contributed by atoms with van der Waals surface area (Å²) in [6, 6.07) is 8.42. The van der Waals surface area contributed by atoms with Gasteiger partial charge in [-0.15, -0.1) is 11.3 Å². The number of hydrogen-bond acceptors (Lipinski definition) is 4. The van der Waals surface area contributed by atoms with Gasteiger partial charge in [0.25, 0.3) is 11.5 Å². The predicted octanol–water partition coefficient (Wildman–Crippen LogP) is 4.51. The van der Waals surface area contributed by atoms with Crippen molar-refractivity contribution in [1.29, 1.82) is 0 Å². The molecule has 0 spiro atoms. The van der Waals surface area contributed by atoms with Crippen molar-refractivity contribution in [2.75, 3.05) is 6.54 Å². The maximum Gasteiger partial charge on any atom is 0.264 e. The largest absolute Gasteiger partial charge is 0.328 e. The Kier molecular flexibility index (Phi) is 5.67. The summed E-state index contributed by atoms with van der Waals surface area (Å²) in [5.74, 6) is 0.796. The van der Waals surface area contributed by atoms with Gasteiger partial charge in [-0.1, -0.05) is 31.5 Å². The van der Waals surface area contributed by atoms with E-state index in [9.17, 15) is 9.59 Å². The van der Waals surface area contributed by atoms with Gasteiger partial charge in [0.05, 0.1) is 21.8 Å². The molecule has 1 aromatic carbocycles. The van der Waals surface area contributed by atoms with Crippen LogP contribution in [0.2, 0.25) is 5.02 Å². The second-order valence-electron chi connectivity index (χ2n) is 7.00. The number of carbonyl (C=O) groups is 1. The molecule has 142 valence electrons. The van der Waals surface area contributed by atoms with Crippen LogP contribution in [0, 0.1) is 5.92 Å². The molecule has 1 atom stereocenters. The predicted molar refractivity (Wildman–Crippen MR) is 111 cm³/mol. The van der Waals surface area contributed by atoms with Crippen LogP contribution in [-0.4, -0.2) is 26.9 Å². The number of thiophene rings is 1. The molecule has 0 aliphatic heterocycles. The van der Waals surface area contributed by atoms with Crippen LogP contribution in [0.1, 0.15) is 42.3 Å². The molecule has 2 aromatic heterocycles. The number of fused-ring (bicyclic) bond motifs is 1. The van der Waals surface area contributed by atoms with Crippen molar-refractivity contribution in [2.45, 2.75) is 26.8 Å². The molecule has 2 heterocycles. The molecule has 1 amide bonds. The highest BCUT2D eigenvalue weighted by molar-refractivity contribution is 7.12. The summed E-state index contributed by atoms with van der Waals surface area (Å²) in [6.07, 6.45) is 0. The Morgan fingerprint density at radius 3 is 2.67 bits per heavy atom. The van der Waals surface area contributed by atoms with E-state index in [2.05, 4.69) is 18.8 Å². The zero-order valence-corrected chi connectivity index (χ0v) is 17.3. The molecule has 0 aliphatic rings. The second-order valence-corrected chi connectivity index (χ2v) is 8.38. The molecule has 27 heavy (non-hydrogen) atoms. The van der Waals surface area contributed by atoms with Gasteiger partial charge < -0.3 is 4.90 Å². The van der Waals surface area contributed by atoms with Crippen molar-refractivity contribution in [3.05, 3.63) is 61.8 Å². The molecular weight excluding hydrogens is 382 g/mol. The highest BCUT2D eigenvalue weighted by atomic mass is 35.5. The maximum atomic E-state index is 13.1. The molecule has 0 radical (unpaired) electrons. The minimum absolute atomic E-state index is 0.0448. The molecule has 1 unspecified atom stereocenters. The van der Waals surface area contributed by atoms with E-state index in [1.165, 1.54) is 15.9 Å². The summed E-state index contributed by atoms with van der Waals surface area (Å²) in [4.78, 5) is 33.0. The number of aromatic nitrogens is 2. The maximum absolute atomic E-state index is 13.1. The van der Waals surface area contributed by atoms with Crippen LogP contribution in [-0.2, 0) is 7.05 Å². The Morgan fingerprint density at radius 1 is 1.30 bits per heavy atom. The number of amides is 1. The zero-order chi connectivity index (χ0) is 19.7. The van der Waals surface area contributed by atoms with E-state index in [0.29, 0.717) is 33.2 Å². The Bertz CT molecular complexity index is 1030. The molecule has 3 rings (SSSR count). The smallest absolute Gasteiger partial charge is 0.264 e. The third kappa shape index (κ3) is 3.92. The van der Waals surface area contributed by atoms with Crippen molar-refractivity contribution in [1.82, 2.24) is 14.5 Å². The lowest BCUT2D eigenvalue weighted by Gasteiger charge is -2.31. The molecule has 0 saturated carbocycles. The average molecular weight is 404 g/mol. The first-order valence-electron chi connectivity index (χ1n) is 8.80. The monoisotopic (exact) mass is 403 g/mol. The Labute approximate surface area is 167 Å². The van der Waals surface area contributed by atoms with Crippen molar-refractivity contribution < 1.29 is 4.79 Å². The topological polar surface area (TPSA) is 55.2 Å². The molecule has 0 N–H and O–H groups in total. The third-order valence-electron chi connectivity index (χ3n) is 4.47. The second kappa shape index (κ2) is 7.82. The van der Waals surface area contributed by atoms with Gasteiger partial charge >= 0.3 is 0 Å². The Morgan fingerprint density at radius 2 is 2.04 bits per heavy atom. The van der Waals surface area contributed by atoms with Gasteiger partial charge in [-0.2, -0.15) is 0 Å². The highest BCUT2D eigenvalue weighted by Crippen LogP contribution is 2.25. The van der Waals surface area contributed by atoms with E-state index in [0.717, 1.165) is 0 Å². The fraction of sp³-hybridized carbons (Fsp3) is 0.350. The molecule has 0 aliphatic carbocycles. The van der Waals surface area contributed by atoms with Crippen LogP contribution in [0.3, 0.4) is 0 Å². The van der Waals surface area contributed by atoms with Crippen LogP contribution in [0.25, 0.3) is 10.9 Å². The van der Waals surface area contributed by atoms with Crippen LogP contribution >= 0.6 is 22.9 Å². The molecular formula is C20H22ClN3O2S. The standard InChI is InChI=1S/C20H22ClN3O2S/c1-12(2)11-24(20(26)17-6-5-9-27-17)13(3)18-22-16-8-7-14(21)10-15(16)19(25)23(18)4/h5-10,12-13H,11H2,1-4H3. The molecule has 0 bridgehead atoms. The summed E-state index contributed by atoms with van der Waals surface area (Å²) < 4.78 is 1.51.